The van der Waals surface area contributed by atoms with Gasteiger partial charge in [-0.15, -0.1) is 0 Å². The third kappa shape index (κ3) is 5.18. The summed E-state index contributed by atoms with van der Waals surface area (Å²) in [5, 5.41) is 13.3. The van der Waals surface area contributed by atoms with Gasteiger partial charge in [-0.1, -0.05) is 6.92 Å². The van der Waals surface area contributed by atoms with Gasteiger partial charge >= 0.3 is 5.82 Å². The minimum Gasteiger partial charge on any atom is -0.358 e. The van der Waals surface area contributed by atoms with Crippen LogP contribution in [0.15, 0.2) is 41.7 Å². The highest BCUT2D eigenvalue weighted by molar-refractivity contribution is 7.89. The van der Waals surface area contributed by atoms with Crippen molar-refractivity contribution in [2.45, 2.75) is 37.6 Å². The third-order valence-electron chi connectivity index (χ3n) is 4.92. The molecule has 0 aliphatic carbocycles. The monoisotopic (exact) mass is 421 g/mol. The summed E-state index contributed by atoms with van der Waals surface area (Å²) in [6, 6.07) is 6.09. The molecule has 2 aromatic rings. The fourth-order valence-corrected chi connectivity index (χ4v) is 4.57. The highest BCUT2D eigenvalue weighted by Crippen LogP contribution is 2.24. The largest absolute Gasteiger partial charge is 0.381 e. The number of carbonyl (C=O) groups excluding carboxylic acids is 1. The summed E-state index contributed by atoms with van der Waals surface area (Å²) in [5.74, 6) is -0.0279. The van der Waals surface area contributed by atoms with E-state index in [0.29, 0.717) is 24.7 Å². The number of sulfonamides is 1. The van der Waals surface area contributed by atoms with Gasteiger partial charge in [0.05, 0.1) is 4.90 Å². The molecule has 1 aromatic carbocycles. The summed E-state index contributed by atoms with van der Waals surface area (Å²) in [5.41, 5.74) is 0.484. The fourth-order valence-electron chi connectivity index (χ4n) is 3.10. The summed E-state index contributed by atoms with van der Waals surface area (Å²) >= 11 is 0. The number of carbonyl (C=O) groups is 1. The Morgan fingerprint density at radius 2 is 1.93 bits per heavy atom. The normalized spacial score (nSPS) is 15.9. The molecule has 1 aliphatic heterocycles. The van der Waals surface area contributed by atoms with Crippen LogP contribution in [0.25, 0.3) is 0 Å². The summed E-state index contributed by atoms with van der Waals surface area (Å²) in [4.78, 5) is 25.9. The standard InChI is InChI=1S/C18H23N5O5S/c1-14-6-10-22(11-7-14)29(27,28)16-4-2-15(3-5-16)20-18(24)8-9-21-12-17(19-13-21)23(25)26/h2-5,12-14H,6-11H2,1H3,(H,20,24). The van der Waals surface area contributed by atoms with Crippen molar-refractivity contribution in [3.63, 3.8) is 0 Å². The summed E-state index contributed by atoms with van der Waals surface area (Å²) in [7, 11) is -3.53. The van der Waals surface area contributed by atoms with Gasteiger partial charge in [-0.2, -0.15) is 4.31 Å². The van der Waals surface area contributed by atoms with Gasteiger partial charge in [0.1, 0.15) is 6.20 Å². The maximum absolute atomic E-state index is 12.7. The quantitative estimate of drug-likeness (QED) is 0.539. The molecule has 1 saturated heterocycles. The van der Waals surface area contributed by atoms with Crippen molar-refractivity contribution in [1.82, 2.24) is 13.9 Å². The lowest BCUT2D eigenvalue weighted by molar-refractivity contribution is -0.389. The molecular formula is C18H23N5O5S. The first kappa shape index (κ1) is 20.9. The van der Waals surface area contributed by atoms with Gasteiger partial charge in [0.15, 0.2) is 0 Å². The van der Waals surface area contributed by atoms with Crippen LogP contribution in [0.4, 0.5) is 11.5 Å². The number of nitrogens with zero attached hydrogens (tertiary/aromatic N) is 4. The lowest BCUT2D eigenvalue weighted by atomic mass is 10.0. The Bertz CT molecular complexity index is 978. The van der Waals surface area contributed by atoms with Crippen molar-refractivity contribution in [2.75, 3.05) is 18.4 Å². The minimum absolute atomic E-state index is 0.0968. The number of hydrogen-bond acceptors (Lipinski definition) is 6. The molecule has 0 spiro atoms. The number of anilines is 1. The molecule has 1 aromatic heterocycles. The molecule has 0 bridgehead atoms. The van der Waals surface area contributed by atoms with Crippen LogP contribution in [0.1, 0.15) is 26.2 Å². The molecule has 1 fully saturated rings. The SMILES string of the molecule is CC1CCN(S(=O)(=O)c2ccc(NC(=O)CCn3cnc([N+](=O)[O-])c3)cc2)CC1. The van der Waals surface area contributed by atoms with Gasteiger partial charge in [-0.05, 0) is 52.9 Å². The van der Waals surface area contributed by atoms with Gasteiger partial charge in [0.25, 0.3) is 0 Å². The van der Waals surface area contributed by atoms with E-state index in [2.05, 4.69) is 17.2 Å². The van der Waals surface area contributed by atoms with Crippen molar-refractivity contribution >= 4 is 27.4 Å². The van der Waals surface area contributed by atoms with E-state index in [1.165, 1.54) is 33.5 Å². The molecule has 11 heteroatoms. The maximum Gasteiger partial charge on any atom is 0.381 e. The third-order valence-corrected chi connectivity index (χ3v) is 6.84. The minimum atomic E-state index is -3.53. The Hall–Kier alpha value is -2.79. The van der Waals surface area contributed by atoms with Crippen molar-refractivity contribution in [2.24, 2.45) is 5.92 Å². The van der Waals surface area contributed by atoms with Crippen LogP contribution in [0, 0.1) is 16.0 Å². The van der Waals surface area contributed by atoms with Gasteiger partial charge in [0.2, 0.25) is 22.3 Å². The van der Waals surface area contributed by atoms with E-state index >= 15 is 0 Å². The number of rotatable bonds is 7. The first-order valence-electron chi connectivity index (χ1n) is 9.32. The number of nitrogens with one attached hydrogen (secondary N) is 1. The second-order valence-electron chi connectivity index (χ2n) is 7.14. The Morgan fingerprint density at radius 3 is 2.52 bits per heavy atom. The van der Waals surface area contributed by atoms with E-state index < -0.39 is 14.9 Å². The maximum atomic E-state index is 12.7. The smallest absolute Gasteiger partial charge is 0.358 e. The second-order valence-corrected chi connectivity index (χ2v) is 9.07. The van der Waals surface area contributed by atoms with Gasteiger partial charge in [-0.25, -0.2) is 8.42 Å². The van der Waals surface area contributed by atoms with Crippen molar-refractivity contribution in [1.29, 1.82) is 0 Å². The highest BCUT2D eigenvalue weighted by Gasteiger charge is 2.27. The zero-order valence-corrected chi connectivity index (χ0v) is 16.8. The number of benzene rings is 1. The molecule has 0 radical (unpaired) electrons. The number of aromatic nitrogens is 2. The molecule has 0 unspecified atom stereocenters. The topological polar surface area (TPSA) is 127 Å². The molecule has 1 N–H and O–H groups in total. The first-order chi connectivity index (χ1) is 13.8. The molecule has 1 amide bonds. The lowest BCUT2D eigenvalue weighted by Gasteiger charge is -2.29. The molecule has 29 heavy (non-hydrogen) atoms. The van der Waals surface area contributed by atoms with Crippen LogP contribution in [-0.4, -0.2) is 46.2 Å². The van der Waals surface area contributed by atoms with E-state index in [4.69, 9.17) is 0 Å². The summed E-state index contributed by atoms with van der Waals surface area (Å²) in [6.45, 7) is 3.41. The van der Waals surface area contributed by atoms with Crippen LogP contribution in [0.2, 0.25) is 0 Å². The number of nitro groups is 1. The van der Waals surface area contributed by atoms with E-state index in [9.17, 15) is 23.3 Å². The van der Waals surface area contributed by atoms with E-state index in [-0.39, 0.29) is 29.6 Å². The average molecular weight is 421 g/mol. The fraction of sp³-hybridized carbons (Fsp3) is 0.444. The zero-order chi connectivity index (χ0) is 21.0. The van der Waals surface area contributed by atoms with Gasteiger partial charge in [0, 0.05) is 31.7 Å². The van der Waals surface area contributed by atoms with Gasteiger partial charge < -0.3 is 20.0 Å². The number of aryl methyl sites for hydroxylation is 1. The van der Waals surface area contributed by atoms with Crippen LogP contribution in [-0.2, 0) is 21.4 Å². The Labute approximate surface area is 168 Å². The number of hydrogen-bond donors (Lipinski definition) is 1. The highest BCUT2D eigenvalue weighted by atomic mass is 32.2. The van der Waals surface area contributed by atoms with E-state index in [1.54, 1.807) is 12.1 Å². The molecule has 3 rings (SSSR count). The molecule has 0 atom stereocenters. The Morgan fingerprint density at radius 1 is 1.28 bits per heavy atom. The molecule has 1 aliphatic rings. The number of piperidine rings is 1. The Kier molecular flexibility index (Phi) is 6.28. The van der Waals surface area contributed by atoms with Crippen LogP contribution in [0.5, 0.6) is 0 Å². The van der Waals surface area contributed by atoms with Crippen LogP contribution < -0.4 is 5.32 Å². The predicted octanol–water partition coefficient (Wildman–Crippen LogP) is 2.24. The van der Waals surface area contributed by atoms with Crippen LogP contribution in [0.3, 0.4) is 0 Å². The first-order valence-corrected chi connectivity index (χ1v) is 10.8. The van der Waals surface area contributed by atoms with Crippen LogP contribution >= 0.6 is 0 Å². The molecule has 10 nitrogen and oxygen atoms in total. The Balaban J connectivity index is 1.55. The number of imidazole rings is 1. The second kappa shape index (κ2) is 8.70. The zero-order valence-electron chi connectivity index (χ0n) is 16.0. The summed E-state index contributed by atoms with van der Waals surface area (Å²) in [6.07, 6.45) is 4.36. The van der Waals surface area contributed by atoms with Gasteiger partial charge in [-0.3, -0.25) is 4.79 Å². The molecule has 156 valence electrons. The molecular weight excluding hydrogens is 398 g/mol. The molecule has 0 saturated carbocycles. The van der Waals surface area contributed by atoms with E-state index in [0.717, 1.165) is 12.8 Å². The summed E-state index contributed by atoms with van der Waals surface area (Å²) < 4.78 is 28.4. The average Bonchev–Trinajstić information content (AvgIpc) is 3.17. The van der Waals surface area contributed by atoms with E-state index in [1.807, 2.05) is 0 Å². The predicted molar refractivity (Wildman–Crippen MR) is 106 cm³/mol. The number of amides is 1. The molecule has 2 heterocycles. The lowest BCUT2D eigenvalue weighted by Crippen LogP contribution is -2.37. The van der Waals surface area contributed by atoms with Crippen molar-refractivity contribution < 1.29 is 18.1 Å². The van der Waals surface area contributed by atoms with Crippen molar-refractivity contribution in [3.05, 3.63) is 46.9 Å². The van der Waals surface area contributed by atoms with Crippen molar-refractivity contribution in [3.8, 4) is 0 Å².